The molecule has 4 heteroatoms. The van der Waals surface area contributed by atoms with Crippen LogP contribution in [0.25, 0.3) is 0 Å². The number of rotatable bonds is 4. The fourth-order valence-corrected chi connectivity index (χ4v) is 9.46. The molecule has 4 rings (SSSR count). The zero-order valence-corrected chi connectivity index (χ0v) is 20.4. The SMILES string of the molecule is C#C.CC[C@]12CC(O)(CS(C)(C)C)C3C4=C(CCC3C1CC[C@@H]2O)CC(OC)=CC4. The summed E-state index contributed by atoms with van der Waals surface area (Å²) in [6.45, 7) is 2.24. The Kier molecular flexibility index (Phi) is 6.79. The van der Waals surface area contributed by atoms with Crippen molar-refractivity contribution in [3.05, 3.63) is 23.0 Å². The first-order valence-electron chi connectivity index (χ1n) is 11.5. The first kappa shape index (κ1) is 23.8. The lowest BCUT2D eigenvalue weighted by Gasteiger charge is -2.60. The third kappa shape index (κ3) is 3.87. The molecule has 30 heavy (non-hydrogen) atoms. The van der Waals surface area contributed by atoms with E-state index in [0.717, 1.165) is 56.5 Å². The normalized spacial score (nSPS) is 40.9. The molecule has 0 saturated heterocycles. The third-order valence-corrected chi connectivity index (χ3v) is 9.83. The molecule has 2 N–H and O–H groups in total. The summed E-state index contributed by atoms with van der Waals surface area (Å²) in [6, 6.07) is 0. The van der Waals surface area contributed by atoms with E-state index in [1.54, 1.807) is 7.11 Å². The minimum absolute atomic E-state index is 0.0825. The van der Waals surface area contributed by atoms with Crippen LogP contribution in [0.15, 0.2) is 23.0 Å². The average Bonchev–Trinajstić information content (AvgIpc) is 3.03. The number of aliphatic hydroxyl groups is 2. The standard InChI is InChI=1S/C24H40O3S.C2H2/c1-6-23-14-24(26,15-28(3,4)5)22-18-10-8-17(27-2)13-16(18)7-9-19(22)20(23)11-12-21(23)25;1-2/h8,19-22,25-26H,6-7,9-15H2,1-5H3;1-2H/t19?,20?,21-,22?,23-,24?;/m0./s1. The summed E-state index contributed by atoms with van der Waals surface area (Å²) in [4.78, 5) is 0. The quantitative estimate of drug-likeness (QED) is 0.490. The Morgan fingerprint density at radius 3 is 2.50 bits per heavy atom. The minimum Gasteiger partial charge on any atom is -0.501 e. The van der Waals surface area contributed by atoms with Gasteiger partial charge in [-0.2, -0.15) is 0 Å². The number of terminal acetylenes is 1. The van der Waals surface area contributed by atoms with E-state index in [4.69, 9.17) is 4.74 Å². The first-order chi connectivity index (χ1) is 14.1. The second-order valence-corrected chi connectivity index (χ2v) is 15.3. The van der Waals surface area contributed by atoms with Crippen LogP contribution >= 0.6 is 10.0 Å². The molecule has 4 unspecified atom stereocenters. The van der Waals surface area contributed by atoms with Gasteiger partial charge in [0.1, 0.15) is 0 Å². The van der Waals surface area contributed by atoms with Gasteiger partial charge in [-0.1, -0.05) is 18.1 Å². The van der Waals surface area contributed by atoms with Crippen LogP contribution in [0, 0.1) is 36.0 Å². The van der Waals surface area contributed by atoms with Gasteiger partial charge in [0.05, 0.1) is 24.6 Å². The summed E-state index contributed by atoms with van der Waals surface area (Å²) in [7, 11) is 0.915. The lowest BCUT2D eigenvalue weighted by atomic mass is 9.48. The van der Waals surface area contributed by atoms with E-state index in [1.807, 2.05) is 0 Å². The van der Waals surface area contributed by atoms with Crippen molar-refractivity contribution in [3.8, 4) is 12.8 Å². The molecule has 0 heterocycles. The van der Waals surface area contributed by atoms with Crippen molar-refractivity contribution < 1.29 is 14.9 Å². The predicted molar refractivity (Wildman–Crippen MR) is 129 cm³/mol. The number of hydrogen-bond donors (Lipinski definition) is 2. The lowest BCUT2D eigenvalue weighted by Crippen LogP contribution is -2.61. The Hall–Kier alpha value is -0.890. The highest BCUT2D eigenvalue weighted by molar-refractivity contribution is 8.32. The fourth-order valence-electron chi connectivity index (χ4n) is 7.68. The first-order valence-corrected chi connectivity index (χ1v) is 14.5. The van der Waals surface area contributed by atoms with E-state index in [1.165, 1.54) is 17.6 Å². The van der Waals surface area contributed by atoms with Crippen LogP contribution in [0.4, 0.5) is 0 Å². The van der Waals surface area contributed by atoms with Crippen molar-refractivity contribution in [3.63, 3.8) is 0 Å². The molecule has 0 aromatic carbocycles. The lowest BCUT2D eigenvalue weighted by molar-refractivity contribution is -0.150. The average molecular weight is 435 g/mol. The molecule has 0 aliphatic heterocycles. The van der Waals surface area contributed by atoms with Crippen LogP contribution in [0.2, 0.25) is 0 Å². The second kappa shape index (κ2) is 8.57. The maximum Gasteiger partial charge on any atom is 0.0959 e. The van der Waals surface area contributed by atoms with Gasteiger partial charge in [-0.3, -0.25) is 0 Å². The molecule has 3 nitrogen and oxygen atoms in total. The minimum atomic E-state index is -0.862. The van der Waals surface area contributed by atoms with Gasteiger partial charge in [-0.05, 0) is 81.6 Å². The zero-order chi connectivity index (χ0) is 22.3. The third-order valence-electron chi connectivity index (χ3n) is 8.46. The van der Waals surface area contributed by atoms with E-state index in [-0.39, 0.29) is 17.4 Å². The highest BCUT2D eigenvalue weighted by Crippen LogP contribution is 2.66. The predicted octanol–water partition coefficient (Wildman–Crippen LogP) is 4.88. The Balaban J connectivity index is 0.00000124. The topological polar surface area (TPSA) is 49.7 Å². The van der Waals surface area contributed by atoms with Gasteiger partial charge in [0.25, 0.3) is 0 Å². The Labute approximate surface area is 185 Å². The van der Waals surface area contributed by atoms with Crippen LogP contribution < -0.4 is 0 Å². The number of aliphatic hydroxyl groups excluding tert-OH is 1. The van der Waals surface area contributed by atoms with Gasteiger partial charge in [-0.25, -0.2) is 10.0 Å². The molecule has 4 aliphatic rings. The van der Waals surface area contributed by atoms with Crippen LogP contribution in [-0.4, -0.2) is 53.5 Å². The van der Waals surface area contributed by atoms with Crippen molar-refractivity contribution in [2.24, 2.45) is 23.2 Å². The molecule has 0 aromatic rings. The molecule has 6 atom stereocenters. The molecule has 4 aliphatic carbocycles. The number of hydrogen-bond acceptors (Lipinski definition) is 3. The molecule has 0 bridgehead atoms. The molecule has 0 spiro atoms. The van der Waals surface area contributed by atoms with Crippen LogP contribution in [0.3, 0.4) is 0 Å². The highest BCUT2D eigenvalue weighted by Gasteiger charge is 2.64. The van der Waals surface area contributed by atoms with Crippen molar-refractivity contribution in [1.29, 1.82) is 0 Å². The number of allylic oxidation sites excluding steroid dienone is 2. The number of fused-ring (bicyclic) bond motifs is 4. The Morgan fingerprint density at radius 1 is 1.20 bits per heavy atom. The smallest absolute Gasteiger partial charge is 0.0959 e. The summed E-state index contributed by atoms with van der Waals surface area (Å²) < 4.78 is 5.56. The molecule has 170 valence electrons. The van der Waals surface area contributed by atoms with Crippen molar-refractivity contribution in [2.45, 2.75) is 70.0 Å². The van der Waals surface area contributed by atoms with Crippen molar-refractivity contribution >= 4 is 10.0 Å². The summed E-state index contributed by atoms with van der Waals surface area (Å²) in [5.74, 6) is 3.34. The van der Waals surface area contributed by atoms with Gasteiger partial charge in [0.2, 0.25) is 0 Å². The van der Waals surface area contributed by atoms with E-state index < -0.39 is 15.6 Å². The number of ether oxygens (including phenoxy) is 1. The van der Waals surface area contributed by atoms with E-state index in [9.17, 15) is 10.2 Å². The van der Waals surface area contributed by atoms with Crippen molar-refractivity contribution in [2.75, 3.05) is 31.6 Å². The van der Waals surface area contributed by atoms with Crippen LogP contribution in [0.1, 0.15) is 58.3 Å². The molecule has 2 fully saturated rings. The fraction of sp³-hybridized carbons (Fsp3) is 0.769. The van der Waals surface area contributed by atoms with Gasteiger partial charge >= 0.3 is 0 Å². The monoisotopic (exact) mass is 434 g/mol. The molecule has 0 aromatic heterocycles. The molecule has 2 saturated carbocycles. The van der Waals surface area contributed by atoms with Crippen molar-refractivity contribution in [1.82, 2.24) is 0 Å². The van der Waals surface area contributed by atoms with Gasteiger partial charge in [0, 0.05) is 23.5 Å². The molecule has 0 amide bonds. The molecule has 0 radical (unpaired) electrons. The summed E-state index contributed by atoms with van der Waals surface area (Å²) in [5, 5.41) is 23.4. The summed E-state index contributed by atoms with van der Waals surface area (Å²) >= 11 is 0. The molecular weight excluding hydrogens is 392 g/mol. The maximum atomic E-state index is 12.3. The van der Waals surface area contributed by atoms with E-state index >= 15 is 0 Å². The van der Waals surface area contributed by atoms with Crippen LogP contribution in [0.5, 0.6) is 0 Å². The van der Waals surface area contributed by atoms with E-state index in [2.05, 4.69) is 44.6 Å². The van der Waals surface area contributed by atoms with E-state index in [0.29, 0.717) is 11.8 Å². The second-order valence-electron chi connectivity index (χ2n) is 10.9. The van der Waals surface area contributed by atoms with Gasteiger partial charge in [-0.15, -0.1) is 12.8 Å². The maximum absolute atomic E-state index is 12.3. The summed E-state index contributed by atoms with van der Waals surface area (Å²) in [6.07, 6.45) is 25.0. The summed E-state index contributed by atoms with van der Waals surface area (Å²) in [5.41, 5.74) is 2.29. The van der Waals surface area contributed by atoms with Gasteiger partial charge in [0.15, 0.2) is 0 Å². The van der Waals surface area contributed by atoms with Crippen LogP contribution in [-0.2, 0) is 4.74 Å². The Bertz CT molecular complexity index is 730. The zero-order valence-electron chi connectivity index (χ0n) is 19.6. The largest absolute Gasteiger partial charge is 0.501 e. The number of methoxy groups -OCH3 is 1. The highest BCUT2D eigenvalue weighted by atomic mass is 32.3. The Morgan fingerprint density at radius 2 is 1.90 bits per heavy atom. The molecular formula is C26H42O3S. The van der Waals surface area contributed by atoms with Gasteiger partial charge < -0.3 is 14.9 Å².